The molecule has 1 aliphatic heterocycles. The second-order valence-electron chi connectivity index (χ2n) is 6.56. The monoisotopic (exact) mass is 296 g/mol. The zero-order valence-electron chi connectivity index (χ0n) is 13.3. The van der Waals surface area contributed by atoms with Gasteiger partial charge >= 0.3 is 0 Å². The second-order valence-corrected chi connectivity index (χ2v) is 7.78. The van der Waals surface area contributed by atoms with E-state index in [4.69, 9.17) is 0 Å². The Morgan fingerprint density at radius 2 is 2.00 bits per heavy atom. The van der Waals surface area contributed by atoms with Crippen molar-refractivity contribution in [1.82, 2.24) is 20.0 Å². The molecule has 20 heavy (non-hydrogen) atoms. The van der Waals surface area contributed by atoms with E-state index in [1.807, 2.05) is 11.7 Å². The average molecular weight is 296 g/mol. The van der Waals surface area contributed by atoms with Crippen molar-refractivity contribution in [2.24, 2.45) is 7.05 Å². The number of aromatic nitrogens is 2. The molecule has 0 bridgehead atoms. The van der Waals surface area contributed by atoms with E-state index in [2.05, 4.69) is 54.0 Å². The number of thioether (sulfide) groups is 1. The molecule has 1 aliphatic rings. The van der Waals surface area contributed by atoms with Crippen molar-refractivity contribution in [2.75, 3.05) is 37.7 Å². The zero-order chi connectivity index (χ0) is 14.6. The summed E-state index contributed by atoms with van der Waals surface area (Å²) in [6.07, 6.45) is 2.14. The Bertz CT molecular complexity index is 416. The summed E-state index contributed by atoms with van der Waals surface area (Å²) in [6, 6.07) is 0. The van der Waals surface area contributed by atoms with E-state index in [1.54, 1.807) is 0 Å². The maximum Gasteiger partial charge on any atom is 0.0722 e. The molecule has 1 saturated heterocycles. The lowest BCUT2D eigenvalue weighted by Crippen LogP contribution is -2.37. The molecule has 0 spiro atoms. The minimum atomic E-state index is 0.113. The van der Waals surface area contributed by atoms with Gasteiger partial charge in [-0.3, -0.25) is 4.68 Å². The van der Waals surface area contributed by atoms with Crippen LogP contribution in [-0.2, 0) is 19.0 Å². The first-order chi connectivity index (χ1) is 9.47. The van der Waals surface area contributed by atoms with Crippen LogP contribution in [0.1, 0.15) is 32.0 Å². The van der Waals surface area contributed by atoms with Gasteiger partial charge in [-0.2, -0.15) is 16.9 Å². The fraction of sp³-hybridized carbons (Fsp3) is 0.800. The smallest absolute Gasteiger partial charge is 0.0722 e. The SMILES string of the molecule is Cn1cc(CNCCN2CCSCC2)c(C(C)(C)C)n1. The van der Waals surface area contributed by atoms with Gasteiger partial charge in [0.25, 0.3) is 0 Å². The van der Waals surface area contributed by atoms with Crippen LogP contribution in [0, 0.1) is 0 Å². The molecule has 1 aromatic heterocycles. The molecular formula is C15H28N4S. The molecule has 0 atom stereocenters. The Morgan fingerprint density at radius 3 is 2.65 bits per heavy atom. The standard InChI is InChI=1S/C15H28N4S/c1-15(2,3)14-13(12-18(4)17-14)11-16-5-6-19-7-9-20-10-8-19/h12,16H,5-11H2,1-4H3. The highest BCUT2D eigenvalue weighted by Crippen LogP contribution is 2.23. The number of nitrogens with zero attached hydrogens (tertiary/aromatic N) is 3. The molecular weight excluding hydrogens is 268 g/mol. The Morgan fingerprint density at radius 1 is 1.30 bits per heavy atom. The van der Waals surface area contributed by atoms with E-state index < -0.39 is 0 Å². The highest BCUT2D eigenvalue weighted by molar-refractivity contribution is 7.99. The first-order valence-corrected chi connectivity index (χ1v) is 8.66. The molecule has 0 aromatic carbocycles. The minimum absolute atomic E-state index is 0.113. The van der Waals surface area contributed by atoms with E-state index >= 15 is 0 Å². The van der Waals surface area contributed by atoms with Crippen molar-refractivity contribution < 1.29 is 0 Å². The van der Waals surface area contributed by atoms with Crippen LogP contribution in [0.4, 0.5) is 0 Å². The summed E-state index contributed by atoms with van der Waals surface area (Å²) >= 11 is 2.07. The Labute approximate surface area is 127 Å². The predicted molar refractivity (Wildman–Crippen MR) is 87.4 cm³/mol. The molecule has 4 nitrogen and oxygen atoms in total. The number of hydrogen-bond acceptors (Lipinski definition) is 4. The van der Waals surface area contributed by atoms with Crippen LogP contribution in [0.25, 0.3) is 0 Å². The van der Waals surface area contributed by atoms with Gasteiger partial charge in [-0.15, -0.1) is 0 Å². The molecule has 5 heteroatoms. The van der Waals surface area contributed by atoms with Crippen molar-refractivity contribution in [3.05, 3.63) is 17.5 Å². The average Bonchev–Trinajstić information content (AvgIpc) is 2.77. The summed E-state index contributed by atoms with van der Waals surface area (Å²) in [5.41, 5.74) is 2.65. The second kappa shape index (κ2) is 6.96. The van der Waals surface area contributed by atoms with Crippen molar-refractivity contribution in [1.29, 1.82) is 0 Å². The van der Waals surface area contributed by atoms with Crippen LogP contribution in [0.2, 0.25) is 0 Å². The van der Waals surface area contributed by atoms with E-state index in [0.717, 1.165) is 19.6 Å². The quantitative estimate of drug-likeness (QED) is 0.841. The molecule has 0 radical (unpaired) electrons. The first-order valence-electron chi connectivity index (χ1n) is 7.50. The molecule has 2 heterocycles. The molecule has 0 aliphatic carbocycles. The van der Waals surface area contributed by atoms with Crippen LogP contribution >= 0.6 is 11.8 Å². The molecule has 0 saturated carbocycles. The summed E-state index contributed by atoms with van der Waals surface area (Å²) < 4.78 is 1.93. The Kier molecular flexibility index (Phi) is 5.52. The third-order valence-corrected chi connectivity index (χ3v) is 4.58. The lowest BCUT2D eigenvalue weighted by Gasteiger charge is -2.26. The number of aryl methyl sites for hydroxylation is 1. The molecule has 0 unspecified atom stereocenters. The van der Waals surface area contributed by atoms with Crippen LogP contribution in [-0.4, -0.2) is 52.4 Å². The maximum atomic E-state index is 4.61. The highest BCUT2D eigenvalue weighted by Gasteiger charge is 2.21. The van der Waals surface area contributed by atoms with Crippen molar-refractivity contribution in [2.45, 2.75) is 32.7 Å². The van der Waals surface area contributed by atoms with Gasteiger partial charge in [0.15, 0.2) is 0 Å². The summed E-state index contributed by atoms with van der Waals surface area (Å²) in [6.45, 7) is 12.3. The van der Waals surface area contributed by atoms with Crippen LogP contribution in [0.5, 0.6) is 0 Å². The number of rotatable bonds is 5. The van der Waals surface area contributed by atoms with E-state index in [1.165, 1.54) is 35.9 Å². The largest absolute Gasteiger partial charge is 0.311 e. The van der Waals surface area contributed by atoms with Gasteiger partial charge in [0, 0.05) is 68.5 Å². The fourth-order valence-corrected chi connectivity index (χ4v) is 3.56. The Hall–Kier alpha value is -0.520. The summed E-state index contributed by atoms with van der Waals surface area (Å²) in [4.78, 5) is 2.55. The van der Waals surface area contributed by atoms with Gasteiger partial charge in [-0.05, 0) is 0 Å². The third kappa shape index (κ3) is 4.50. The summed E-state index contributed by atoms with van der Waals surface area (Å²) in [5.74, 6) is 2.58. The fourth-order valence-electron chi connectivity index (χ4n) is 2.58. The molecule has 1 fully saturated rings. The molecule has 1 N–H and O–H groups in total. The summed E-state index contributed by atoms with van der Waals surface area (Å²) in [7, 11) is 2.00. The molecule has 0 amide bonds. The zero-order valence-corrected chi connectivity index (χ0v) is 14.1. The normalized spacial score (nSPS) is 17.6. The lowest BCUT2D eigenvalue weighted by atomic mass is 9.89. The van der Waals surface area contributed by atoms with Crippen LogP contribution in [0.3, 0.4) is 0 Å². The van der Waals surface area contributed by atoms with Gasteiger partial charge < -0.3 is 10.2 Å². The highest BCUT2D eigenvalue weighted by atomic mass is 32.2. The summed E-state index contributed by atoms with van der Waals surface area (Å²) in [5, 5.41) is 8.19. The van der Waals surface area contributed by atoms with Crippen molar-refractivity contribution in [3.8, 4) is 0 Å². The van der Waals surface area contributed by atoms with E-state index in [0.29, 0.717) is 0 Å². The molecule has 1 aromatic rings. The Balaban J connectivity index is 1.79. The minimum Gasteiger partial charge on any atom is -0.311 e. The van der Waals surface area contributed by atoms with Gasteiger partial charge in [0.2, 0.25) is 0 Å². The van der Waals surface area contributed by atoms with Crippen LogP contribution < -0.4 is 5.32 Å². The first kappa shape index (κ1) is 15.9. The van der Waals surface area contributed by atoms with Crippen molar-refractivity contribution >= 4 is 11.8 Å². The van der Waals surface area contributed by atoms with Gasteiger partial charge in [-0.1, -0.05) is 20.8 Å². The van der Waals surface area contributed by atoms with Gasteiger partial charge in [-0.25, -0.2) is 0 Å². The number of hydrogen-bond donors (Lipinski definition) is 1. The number of nitrogens with one attached hydrogen (secondary N) is 1. The van der Waals surface area contributed by atoms with Gasteiger partial charge in [0.05, 0.1) is 5.69 Å². The van der Waals surface area contributed by atoms with Gasteiger partial charge in [0.1, 0.15) is 0 Å². The van der Waals surface area contributed by atoms with E-state index in [9.17, 15) is 0 Å². The third-order valence-electron chi connectivity index (χ3n) is 3.64. The lowest BCUT2D eigenvalue weighted by molar-refractivity contribution is 0.301. The molecule has 2 rings (SSSR count). The maximum absolute atomic E-state index is 4.61. The van der Waals surface area contributed by atoms with E-state index in [-0.39, 0.29) is 5.41 Å². The topological polar surface area (TPSA) is 33.1 Å². The van der Waals surface area contributed by atoms with Crippen molar-refractivity contribution in [3.63, 3.8) is 0 Å². The molecule has 114 valence electrons. The van der Waals surface area contributed by atoms with Crippen LogP contribution in [0.15, 0.2) is 6.20 Å². The predicted octanol–water partition coefficient (Wildman–Crippen LogP) is 1.86.